The number of Topliss-reactive ketones (excluding diaryl/α,β-unsaturated/α-hetero) is 1. The Morgan fingerprint density at radius 3 is 2.91 bits per heavy atom. The molecule has 0 spiro atoms. The molecule has 2 atom stereocenters. The van der Waals surface area contributed by atoms with Crippen molar-refractivity contribution < 1.29 is 4.79 Å². The number of ketones is 1. The number of carbonyl (C=O) groups excluding carboxylic acids is 1. The van der Waals surface area contributed by atoms with E-state index in [2.05, 4.69) is 5.32 Å². The Labute approximate surface area is 67.3 Å². The summed E-state index contributed by atoms with van der Waals surface area (Å²) in [4.78, 5) is 10.9. The normalized spacial score (nSPS) is 28.0. The predicted octanol–water partition coefficient (Wildman–Crippen LogP) is -0.0977. The van der Waals surface area contributed by atoms with Gasteiger partial charge in [0.1, 0.15) is 5.78 Å². The molecule has 11 heavy (non-hydrogen) atoms. The molecule has 2 unspecified atom stereocenters. The molecule has 0 bridgehead atoms. The van der Waals surface area contributed by atoms with Crippen molar-refractivity contribution in [3.05, 3.63) is 0 Å². The van der Waals surface area contributed by atoms with Crippen LogP contribution >= 0.6 is 0 Å². The Kier molecular flexibility index (Phi) is 3.02. The third-order valence-electron chi connectivity index (χ3n) is 2.31. The van der Waals surface area contributed by atoms with E-state index in [4.69, 9.17) is 5.73 Å². The second-order valence-corrected chi connectivity index (χ2v) is 3.24. The van der Waals surface area contributed by atoms with Crippen LogP contribution in [-0.2, 0) is 4.79 Å². The lowest BCUT2D eigenvalue weighted by atomic mass is 9.90. The lowest BCUT2D eigenvalue weighted by Crippen LogP contribution is -2.44. The molecule has 64 valence electrons. The van der Waals surface area contributed by atoms with Gasteiger partial charge in [-0.2, -0.15) is 0 Å². The molecule has 0 aromatic heterocycles. The van der Waals surface area contributed by atoms with Crippen molar-refractivity contribution in [2.45, 2.75) is 25.8 Å². The quantitative estimate of drug-likeness (QED) is 0.587. The lowest BCUT2D eigenvalue weighted by molar-refractivity contribution is -0.119. The molecule has 1 saturated heterocycles. The van der Waals surface area contributed by atoms with Crippen LogP contribution < -0.4 is 11.1 Å². The molecular weight excluding hydrogens is 140 g/mol. The van der Waals surface area contributed by atoms with Crippen molar-refractivity contribution in [2.75, 3.05) is 13.1 Å². The van der Waals surface area contributed by atoms with E-state index >= 15 is 0 Å². The van der Waals surface area contributed by atoms with Crippen molar-refractivity contribution in [3.63, 3.8) is 0 Å². The molecule has 3 nitrogen and oxygen atoms in total. The first-order valence-electron chi connectivity index (χ1n) is 4.18. The van der Waals surface area contributed by atoms with Gasteiger partial charge in [0.25, 0.3) is 0 Å². The highest BCUT2D eigenvalue weighted by Gasteiger charge is 2.22. The van der Waals surface area contributed by atoms with E-state index in [0.29, 0.717) is 5.92 Å². The van der Waals surface area contributed by atoms with Crippen molar-refractivity contribution >= 4 is 5.78 Å². The average Bonchev–Trinajstić information content (AvgIpc) is 2.05. The van der Waals surface area contributed by atoms with Gasteiger partial charge in [0.05, 0.1) is 6.04 Å². The highest BCUT2D eigenvalue weighted by molar-refractivity contribution is 5.81. The molecular formula is C8H16N2O. The van der Waals surface area contributed by atoms with Gasteiger partial charge in [0.15, 0.2) is 0 Å². The van der Waals surface area contributed by atoms with Gasteiger partial charge >= 0.3 is 0 Å². The van der Waals surface area contributed by atoms with Crippen LogP contribution in [0.5, 0.6) is 0 Å². The third-order valence-corrected chi connectivity index (χ3v) is 2.31. The van der Waals surface area contributed by atoms with Gasteiger partial charge in [-0.15, -0.1) is 0 Å². The molecule has 1 aliphatic heterocycles. The minimum Gasteiger partial charge on any atom is -0.321 e. The molecule has 3 heteroatoms. The molecule has 1 fully saturated rings. The molecule has 0 aliphatic carbocycles. The standard InChI is InChI=1S/C8H16N2O/c1-6(11)8(9)7-3-2-4-10-5-7/h7-8,10H,2-5,9H2,1H3. The summed E-state index contributed by atoms with van der Waals surface area (Å²) in [6, 6.07) is -0.247. The second-order valence-electron chi connectivity index (χ2n) is 3.24. The second kappa shape index (κ2) is 3.83. The average molecular weight is 156 g/mol. The van der Waals surface area contributed by atoms with E-state index in [0.717, 1.165) is 25.9 Å². The summed E-state index contributed by atoms with van der Waals surface area (Å²) < 4.78 is 0. The molecule has 1 rings (SSSR count). The number of nitrogens with one attached hydrogen (secondary N) is 1. The van der Waals surface area contributed by atoms with Gasteiger partial charge in [-0.3, -0.25) is 4.79 Å². The molecule has 0 saturated carbocycles. The summed E-state index contributed by atoms with van der Waals surface area (Å²) in [6.45, 7) is 3.54. The van der Waals surface area contributed by atoms with Crippen LogP contribution in [0.2, 0.25) is 0 Å². The first-order valence-corrected chi connectivity index (χ1v) is 4.18. The maximum atomic E-state index is 10.9. The van der Waals surface area contributed by atoms with Crippen molar-refractivity contribution in [1.29, 1.82) is 0 Å². The Morgan fingerprint density at radius 2 is 2.45 bits per heavy atom. The number of carbonyl (C=O) groups is 1. The Balaban J connectivity index is 2.38. The number of nitrogens with two attached hydrogens (primary N) is 1. The van der Waals surface area contributed by atoms with Crippen LogP contribution in [0.15, 0.2) is 0 Å². The summed E-state index contributed by atoms with van der Waals surface area (Å²) >= 11 is 0. The van der Waals surface area contributed by atoms with Gasteiger partial charge in [-0.25, -0.2) is 0 Å². The summed E-state index contributed by atoms with van der Waals surface area (Å²) in [5.74, 6) is 0.472. The van der Waals surface area contributed by atoms with Crippen LogP contribution in [0.25, 0.3) is 0 Å². The van der Waals surface area contributed by atoms with E-state index in [1.54, 1.807) is 6.92 Å². The Bertz CT molecular complexity index is 141. The third kappa shape index (κ3) is 2.27. The van der Waals surface area contributed by atoms with E-state index in [-0.39, 0.29) is 11.8 Å². The first kappa shape index (κ1) is 8.68. The highest BCUT2D eigenvalue weighted by atomic mass is 16.1. The molecule has 3 N–H and O–H groups in total. The van der Waals surface area contributed by atoms with Crippen LogP contribution in [0.4, 0.5) is 0 Å². The molecule has 0 amide bonds. The first-order chi connectivity index (χ1) is 5.22. The molecule has 1 heterocycles. The molecule has 1 aliphatic rings. The topological polar surface area (TPSA) is 55.1 Å². The Morgan fingerprint density at radius 1 is 1.73 bits per heavy atom. The van der Waals surface area contributed by atoms with Gasteiger partial charge in [-0.1, -0.05) is 0 Å². The van der Waals surface area contributed by atoms with E-state index in [1.807, 2.05) is 0 Å². The monoisotopic (exact) mass is 156 g/mol. The van der Waals surface area contributed by atoms with E-state index in [9.17, 15) is 4.79 Å². The fourth-order valence-corrected chi connectivity index (χ4v) is 1.52. The number of rotatable bonds is 2. The zero-order valence-electron chi connectivity index (χ0n) is 6.97. The van der Waals surface area contributed by atoms with Gasteiger partial charge in [-0.05, 0) is 38.8 Å². The predicted molar refractivity (Wildman–Crippen MR) is 44.3 cm³/mol. The van der Waals surface area contributed by atoms with Gasteiger partial charge in [0.2, 0.25) is 0 Å². The van der Waals surface area contributed by atoms with Crippen molar-refractivity contribution in [3.8, 4) is 0 Å². The summed E-state index contributed by atoms with van der Waals surface area (Å²) in [6.07, 6.45) is 2.24. The van der Waals surface area contributed by atoms with Crippen molar-refractivity contribution in [2.24, 2.45) is 11.7 Å². The number of hydrogen-bond donors (Lipinski definition) is 2. The van der Waals surface area contributed by atoms with Crippen molar-refractivity contribution in [1.82, 2.24) is 5.32 Å². The fraction of sp³-hybridized carbons (Fsp3) is 0.875. The van der Waals surface area contributed by atoms with Crippen LogP contribution in [-0.4, -0.2) is 24.9 Å². The van der Waals surface area contributed by atoms with E-state index in [1.165, 1.54) is 0 Å². The van der Waals surface area contributed by atoms with Crippen LogP contribution in [0, 0.1) is 5.92 Å². The summed E-state index contributed by atoms with van der Waals surface area (Å²) in [7, 11) is 0. The summed E-state index contributed by atoms with van der Waals surface area (Å²) in [5, 5.41) is 3.24. The molecule has 0 aromatic carbocycles. The lowest BCUT2D eigenvalue weighted by Gasteiger charge is -2.26. The van der Waals surface area contributed by atoms with Crippen LogP contribution in [0.1, 0.15) is 19.8 Å². The van der Waals surface area contributed by atoms with Gasteiger partial charge in [0, 0.05) is 0 Å². The minimum atomic E-state index is -0.247. The number of piperidine rings is 1. The smallest absolute Gasteiger partial charge is 0.146 e. The zero-order valence-corrected chi connectivity index (χ0v) is 6.97. The fourth-order valence-electron chi connectivity index (χ4n) is 1.52. The minimum absolute atomic E-state index is 0.110. The van der Waals surface area contributed by atoms with Gasteiger partial charge < -0.3 is 11.1 Å². The largest absolute Gasteiger partial charge is 0.321 e. The zero-order chi connectivity index (χ0) is 8.27. The summed E-state index contributed by atoms with van der Waals surface area (Å²) in [5.41, 5.74) is 5.70. The van der Waals surface area contributed by atoms with Crippen LogP contribution in [0.3, 0.4) is 0 Å². The Hall–Kier alpha value is -0.410. The maximum absolute atomic E-state index is 10.9. The van der Waals surface area contributed by atoms with E-state index < -0.39 is 0 Å². The maximum Gasteiger partial charge on any atom is 0.146 e. The number of hydrogen-bond acceptors (Lipinski definition) is 3. The highest BCUT2D eigenvalue weighted by Crippen LogP contribution is 2.13. The molecule has 0 aromatic rings. The molecule has 0 radical (unpaired) electrons. The SMILES string of the molecule is CC(=O)C(N)C1CCCNC1.